The summed E-state index contributed by atoms with van der Waals surface area (Å²) in [5.41, 5.74) is 7.57. The summed E-state index contributed by atoms with van der Waals surface area (Å²) in [4.78, 5) is 25.0. The van der Waals surface area contributed by atoms with Crippen molar-refractivity contribution in [3.05, 3.63) is 95.8 Å². The Morgan fingerprint density at radius 3 is 2.47 bits per heavy atom. The van der Waals surface area contributed by atoms with Crippen LogP contribution in [-0.2, 0) is 14.3 Å². The first kappa shape index (κ1) is 25.7. The second-order valence-corrected chi connectivity index (χ2v) is 7.49. The number of carbonyl (C=O) groups is 2. The first-order chi connectivity index (χ1) is 17.3. The minimum absolute atomic E-state index is 0.171. The molecule has 3 aromatic carbocycles. The van der Waals surface area contributed by atoms with E-state index in [1.54, 1.807) is 24.3 Å². The molecule has 0 aliphatic heterocycles. The maximum atomic E-state index is 14.1. The summed E-state index contributed by atoms with van der Waals surface area (Å²) in [7, 11) is 1.33. The normalized spacial score (nSPS) is 12.4. The van der Waals surface area contributed by atoms with Crippen LogP contribution in [0.4, 0.5) is 26.2 Å². The number of amides is 2. The molecule has 0 spiro atoms. The van der Waals surface area contributed by atoms with Crippen molar-refractivity contribution < 1.29 is 28.6 Å². The monoisotopic (exact) mass is 490 g/mol. The van der Waals surface area contributed by atoms with E-state index in [2.05, 4.69) is 10.6 Å². The lowest BCUT2D eigenvalue weighted by Gasteiger charge is -2.24. The van der Waals surface area contributed by atoms with Crippen molar-refractivity contribution in [2.75, 3.05) is 23.5 Å². The predicted molar refractivity (Wildman–Crippen MR) is 131 cm³/mol. The molecule has 0 radical (unpaired) electrons. The molecule has 2 atom stereocenters. The van der Waals surface area contributed by atoms with Crippen LogP contribution in [0.1, 0.15) is 17.2 Å². The Morgan fingerprint density at radius 2 is 1.83 bits per heavy atom. The number of nitrogen functional groups attached to an aromatic ring is 1. The quantitative estimate of drug-likeness (QED) is 0.269. The number of aromatic hydroxyl groups is 1. The third kappa shape index (κ3) is 6.82. The van der Waals surface area contributed by atoms with Gasteiger partial charge in [0.25, 0.3) is 0 Å². The Labute approximate surface area is 206 Å². The van der Waals surface area contributed by atoms with Crippen LogP contribution in [0.25, 0.3) is 0 Å². The van der Waals surface area contributed by atoms with Gasteiger partial charge in [-0.2, -0.15) is 5.26 Å². The van der Waals surface area contributed by atoms with Crippen molar-refractivity contribution in [2.45, 2.75) is 12.2 Å². The van der Waals surface area contributed by atoms with Gasteiger partial charge in [-0.15, -0.1) is 0 Å². The number of nitrogens with two attached hydrogens (primary N) is 1. The van der Waals surface area contributed by atoms with Gasteiger partial charge in [0.15, 0.2) is 17.7 Å². The van der Waals surface area contributed by atoms with E-state index >= 15 is 0 Å². The maximum absolute atomic E-state index is 14.1. The van der Waals surface area contributed by atoms with Gasteiger partial charge in [-0.05, 0) is 60.2 Å². The van der Waals surface area contributed by atoms with Crippen molar-refractivity contribution in [3.8, 4) is 11.8 Å². The van der Waals surface area contributed by atoms with Crippen LogP contribution in [0.2, 0.25) is 0 Å². The van der Waals surface area contributed by atoms with E-state index in [0.29, 0.717) is 22.6 Å². The summed E-state index contributed by atoms with van der Waals surface area (Å²) in [6.45, 7) is 0. The Morgan fingerprint density at radius 1 is 1.11 bits per heavy atom. The highest BCUT2D eigenvalue weighted by Crippen LogP contribution is 2.29. The summed E-state index contributed by atoms with van der Waals surface area (Å²) >= 11 is 0. The first-order valence-corrected chi connectivity index (χ1v) is 10.6. The zero-order valence-electron chi connectivity index (χ0n) is 19.1. The molecule has 184 valence electrons. The van der Waals surface area contributed by atoms with Gasteiger partial charge >= 0.3 is 6.09 Å². The van der Waals surface area contributed by atoms with E-state index in [9.17, 15) is 19.1 Å². The second-order valence-electron chi connectivity index (χ2n) is 7.49. The number of ether oxygens (including phenoxy) is 2. The molecule has 9 nitrogen and oxygen atoms in total. The lowest BCUT2D eigenvalue weighted by molar-refractivity contribution is -0.112. The number of para-hydroxylation sites is 2. The summed E-state index contributed by atoms with van der Waals surface area (Å²) in [6.07, 6.45) is -0.588. The van der Waals surface area contributed by atoms with Gasteiger partial charge in [0.2, 0.25) is 5.91 Å². The van der Waals surface area contributed by atoms with Gasteiger partial charge in [-0.25, -0.2) is 9.18 Å². The number of benzene rings is 3. The number of hydrogen-bond acceptors (Lipinski definition) is 7. The van der Waals surface area contributed by atoms with E-state index in [1.807, 2.05) is 6.07 Å². The number of nitrogens with zero attached hydrogens (tertiary/aromatic N) is 1. The zero-order valence-corrected chi connectivity index (χ0v) is 19.1. The molecular formula is C26H23FN4O5. The standard InChI is InChI=1S/C26H23FN4O5/c1-35-23(12-13-24(33)31-21-5-3-2-4-20(21)29)25(17-8-11-22(32)19(27)14-17)36-26(34)30-18-9-6-16(15-28)7-10-18/h2-14,23,25,32H,29H2,1H3,(H,30,34)(H,31,33)/b13-12+/t23-,25-/m1/s1. The molecule has 10 heteroatoms. The zero-order chi connectivity index (χ0) is 26.1. The molecule has 0 unspecified atom stereocenters. The average molecular weight is 490 g/mol. The van der Waals surface area contributed by atoms with Gasteiger partial charge < -0.3 is 25.6 Å². The number of anilines is 3. The molecule has 2 amide bonds. The number of hydrogen-bond donors (Lipinski definition) is 4. The summed E-state index contributed by atoms with van der Waals surface area (Å²) in [5.74, 6) is -2.03. The van der Waals surface area contributed by atoms with E-state index in [4.69, 9.17) is 20.5 Å². The van der Waals surface area contributed by atoms with Crippen molar-refractivity contribution in [3.63, 3.8) is 0 Å². The molecule has 3 aromatic rings. The maximum Gasteiger partial charge on any atom is 0.412 e. The molecule has 0 saturated carbocycles. The van der Waals surface area contributed by atoms with Crippen LogP contribution < -0.4 is 16.4 Å². The predicted octanol–water partition coefficient (Wildman–Crippen LogP) is 4.48. The number of nitrogens with one attached hydrogen (secondary N) is 2. The molecule has 3 rings (SSSR count). The van der Waals surface area contributed by atoms with E-state index in [0.717, 1.165) is 12.1 Å². The fourth-order valence-electron chi connectivity index (χ4n) is 3.19. The highest BCUT2D eigenvalue weighted by Gasteiger charge is 2.27. The van der Waals surface area contributed by atoms with Gasteiger partial charge in [0.1, 0.15) is 6.10 Å². The Bertz CT molecular complexity index is 1300. The second kappa shape index (κ2) is 12.0. The number of methoxy groups -OCH3 is 1. The van der Waals surface area contributed by atoms with Gasteiger partial charge in [-0.3, -0.25) is 10.1 Å². The van der Waals surface area contributed by atoms with E-state index < -0.39 is 35.8 Å². The van der Waals surface area contributed by atoms with Crippen LogP contribution in [0.3, 0.4) is 0 Å². The molecule has 0 bridgehead atoms. The summed E-state index contributed by atoms with van der Waals surface area (Å²) < 4.78 is 25.0. The van der Waals surface area contributed by atoms with Crippen molar-refractivity contribution in [2.24, 2.45) is 0 Å². The SMILES string of the molecule is CO[C@H](/C=C/C(=O)Nc1ccccc1N)[C@H](OC(=O)Nc1ccc(C#N)cc1)c1ccc(O)c(F)c1. The molecule has 5 N–H and O–H groups in total. The lowest BCUT2D eigenvalue weighted by Crippen LogP contribution is -2.27. The fraction of sp³-hybridized carbons (Fsp3) is 0.115. The number of carbonyl (C=O) groups excluding carboxylic acids is 2. The van der Waals surface area contributed by atoms with Crippen LogP contribution >= 0.6 is 0 Å². The highest BCUT2D eigenvalue weighted by molar-refractivity contribution is 6.01. The van der Waals surface area contributed by atoms with Crippen molar-refractivity contribution in [1.82, 2.24) is 0 Å². The third-order valence-corrected chi connectivity index (χ3v) is 5.02. The minimum Gasteiger partial charge on any atom is -0.505 e. The number of rotatable bonds is 8. The largest absolute Gasteiger partial charge is 0.505 e. The Hall–Kier alpha value is -4.88. The van der Waals surface area contributed by atoms with Gasteiger partial charge in [0, 0.05) is 18.9 Å². The fourth-order valence-corrected chi connectivity index (χ4v) is 3.19. The van der Waals surface area contributed by atoms with Crippen LogP contribution in [0.15, 0.2) is 78.9 Å². The number of phenolic OH excluding ortho intramolecular Hbond substituents is 1. The topological polar surface area (TPSA) is 147 Å². The van der Waals surface area contributed by atoms with Gasteiger partial charge in [-0.1, -0.05) is 18.2 Å². The third-order valence-electron chi connectivity index (χ3n) is 5.02. The van der Waals surface area contributed by atoms with E-state index in [1.165, 1.54) is 49.6 Å². The number of phenols is 1. The molecule has 0 aliphatic rings. The minimum atomic E-state index is -1.20. The molecule has 0 fully saturated rings. The van der Waals surface area contributed by atoms with Crippen LogP contribution in [0, 0.1) is 17.1 Å². The van der Waals surface area contributed by atoms with Crippen LogP contribution in [0.5, 0.6) is 5.75 Å². The van der Waals surface area contributed by atoms with E-state index in [-0.39, 0.29) is 5.56 Å². The summed E-state index contributed by atoms with van der Waals surface area (Å²) in [5, 5.41) is 23.6. The molecule has 0 aliphatic carbocycles. The van der Waals surface area contributed by atoms with Gasteiger partial charge in [0.05, 0.1) is 23.0 Å². The smallest absolute Gasteiger partial charge is 0.412 e. The van der Waals surface area contributed by atoms with Crippen LogP contribution in [-0.4, -0.2) is 30.3 Å². The highest BCUT2D eigenvalue weighted by atomic mass is 19.1. The van der Waals surface area contributed by atoms with Crippen molar-refractivity contribution >= 4 is 29.1 Å². The Balaban J connectivity index is 1.81. The summed E-state index contributed by atoms with van der Waals surface area (Å²) in [6, 6.07) is 18.2. The molecular weight excluding hydrogens is 467 g/mol. The molecule has 0 saturated heterocycles. The molecule has 36 heavy (non-hydrogen) atoms. The molecule has 0 heterocycles. The van der Waals surface area contributed by atoms with Crippen molar-refractivity contribution in [1.29, 1.82) is 5.26 Å². The first-order valence-electron chi connectivity index (χ1n) is 10.6. The molecule has 0 aromatic heterocycles. The average Bonchev–Trinajstić information content (AvgIpc) is 2.87. The number of nitriles is 1. The Kier molecular flexibility index (Phi) is 8.58. The number of halogens is 1. The lowest BCUT2D eigenvalue weighted by atomic mass is 10.0.